The molecule has 0 radical (unpaired) electrons. The number of esters is 1. The molecule has 0 aliphatic heterocycles. The van der Waals surface area contributed by atoms with Crippen LogP contribution in [0, 0.1) is 6.92 Å². The van der Waals surface area contributed by atoms with Gasteiger partial charge in [-0.3, -0.25) is 4.79 Å². The molecule has 1 aromatic heterocycles. The van der Waals surface area contributed by atoms with E-state index in [9.17, 15) is 4.79 Å². The first kappa shape index (κ1) is 11.0. The molecule has 0 fully saturated rings. The van der Waals surface area contributed by atoms with Crippen LogP contribution < -0.4 is 5.73 Å². The second-order valence-corrected chi connectivity index (χ2v) is 4.11. The zero-order valence-corrected chi connectivity index (χ0v) is 9.19. The molecule has 5 heteroatoms. The fourth-order valence-electron chi connectivity index (χ4n) is 1.18. The Balaban J connectivity index is 2.38. The summed E-state index contributed by atoms with van der Waals surface area (Å²) in [6, 6.07) is 0. The average molecular weight is 214 g/mol. The first-order valence-electron chi connectivity index (χ1n) is 4.42. The van der Waals surface area contributed by atoms with Gasteiger partial charge in [0.1, 0.15) is 0 Å². The zero-order chi connectivity index (χ0) is 10.6. The summed E-state index contributed by atoms with van der Waals surface area (Å²) in [6.45, 7) is 1.93. The number of carbonyl (C=O) groups is 1. The molecule has 78 valence electrons. The Hall–Kier alpha value is -1.10. The number of ether oxygens (including phenoxy) is 1. The highest BCUT2D eigenvalue weighted by molar-refractivity contribution is 7.15. The monoisotopic (exact) mass is 214 g/mol. The number of rotatable bonds is 4. The second-order valence-electron chi connectivity index (χ2n) is 2.99. The van der Waals surface area contributed by atoms with Gasteiger partial charge in [-0.15, -0.1) is 11.3 Å². The van der Waals surface area contributed by atoms with Crippen LogP contribution >= 0.6 is 11.3 Å². The molecule has 0 spiro atoms. The number of hydrogen-bond acceptors (Lipinski definition) is 5. The van der Waals surface area contributed by atoms with Gasteiger partial charge in [0.15, 0.2) is 5.13 Å². The van der Waals surface area contributed by atoms with Gasteiger partial charge < -0.3 is 10.5 Å². The van der Waals surface area contributed by atoms with Gasteiger partial charge in [-0.05, 0) is 19.8 Å². The normalized spacial score (nSPS) is 10.1. The van der Waals surface area contributed by atoms with Crippen molar-refractivity contribution in [3.63, 3.8) is 0 Å². The molecule has 2 N–H and O–H groups in total. The van der Waals surface area contributed by atoms with Crippen LogP contribution in [-0.2, 0) is 16.0 Å². The third-order valence-corrected chi connectivity index (χ3v) is 2.97. The lowest BCUT2D eigenvalue weighted by atomic mass is 10.2. The molecule has 0 amide bonds. The standard InChI is InChI=1S/C9H14N2O2S/c1-6-7(14-9(10)11-6)4-3-5-8(12)13-2/h3-5H2,1-2H3,(H2,10,11). The smallest absolute Gasteiger partial charge is 0.305 e. The van der Waals surface area contributed by atoms with Crippen molar-refractivity contribution in [1.29, 1.82) is 0 Å². The van der Waals surface area contributed by atoms with Gasteiger partial charge in [0.2, 0.25) is 0 Å². The molecule has 0 aromatic carbocycles. The van der Waals surface area contributed by atoms with Gasteiger partial charge in [-0.25, -0.2) is 4.98 Å². The maximum atomic E-state index is 10.8. The summed E-state index contributed by atoms with van der Waals surface area (Å²) in [7, 11) is 1.40. The Bertz CT molecular complexity index is 323. The van der Waals surface area contributed by atoms with Crippen LogP contribution in [0.15, 0.2) is 0 Å². The van der Waals surface area contributed by atoms with Crippen LogP contribution in [0.3, 0.4) is 0 Å². The van der Waals surface area contributed by atoms with Gasteiger partial charge in [0.05, 0.1) is 12.8 Å². The van der Waals surface area contributed by atoms with Crippen LogP contribution in [0.4, 0.5) is 5.13 Å². The summed E-state index contributed by atoms with van der Waals surface area (Å²) in [4.78, 5) is 16.1. The van der Waals surface area contributed by atoms with E-state index in [0.717, 1.165) is 23.4 Å². The minimum absolute atomic E-state index is 0.167. The predicted octanol–water partition coefficient (Wildman–Crippen LogP) is 1.53. The van der Waals surface area contributed by atoms with Gasteiger partial charge in [-0.1, -0.05) is 0 Å². The van der Waals surface area contributed by atoms with E-state index in [1.165, 1.54) is 18.4 Å². The van der Waals surface area contributed by atoms with E-state index in [4.69, 9.17) is 5.73 Å². The lowest BCUT2D eigenvalue weighted by molar-refractivity contribution is -0.140. The van der Waals surface area contributed by atoms with Crippen molar-refractivity contribution in [3.05, 3.63) is 10.6 Å². The van der Waals surface area contributed by atoms with Crippen LogP contribution in [-0.4, -0.2) is 18.1 Å². The van der Waals surface area contributed by atoms with E-state index in [0.29, 0.717) is 11.6 Å². The molecule has 1 aromatic rings. The number of nitrogen functional groups attached to an aromatic ring is 1. The highest BCUT2D eigenvalue weighted by Crippen LogP contribution is 2.21. The molecular weight excluding hydrogens is 200 g/mol. The number of methoxy groups -OCH3 is 1. The minimum atomic E-state index is -0.167. The summed E-state index contributed by atoms with van der Waals surface area (Å²) in [5, 5.41) is 0.593. The molecule has 0 atom stereocenters. The molecule has 14 heavy (non-hydrogen) atoms. The van der Waals surface area contributed by atoms with Crippen LogP contribution in [0.5, 0.6) is 0 Å². The third-order valence-electron chi connectivity index (χ3n) is 1.92. The Morgan fingerprint density at radius 1 is 1.64 bits per heavy atom. The predicted molar refractivity (Wildman–Crippen MR) is 56.2 cm³/mol. The average Bonchev–Trinajstić information content (AvgIpc) is 2.45. The maximum Gasteiger partial charge on any atom is 0.305 e. The second kappa shape index (κ2) is 4.95. The van der Waals surface area contributed by atoms with Gasteiger partial charge in [0, 0.05) is 11.3 Å². The number of aromatic nitrogens is 1. The molecule has 4 nitrogen and oxygen atoms in total. The number of nitrogens with zero attached hydrogens (tertiary/aromatic N) is 1. The van der Waals surface area contributed by atoms with Gasteiger partial charge in [0.25, 0.3) is 0 Å². The lowest BCUT2D eigenvalue weighted by Crippen LogP contribution is -2.00. The van der Waals surface area contributed by atoms with E-state index in [2.05, 4.69) is 9.72 Å². The van der Waals surface area contributed by atoms with E-state index < -0.39 is 0 Å². The van der Waals surface area contributed by atoms with E-state index >= 15 is 0 Å². The molecule has 1 rings (SSSR count). The van der Waals surface area contributed by atoms with Crippen molar-refractivity contribution in [2.45, 2.75) is 26.2 Å². The highest BCUT2D eigenvalue weighted by atomic mass is 32.1. The summed E-state index contributed by atoms with van der Waals surface area (Å²) >= 11 is 1.49. The first-order chi connectivity index (χ1) is 6.63. The Labute approximate surface area is 87.1 Å². The Morgan fingerprint density at radius 3 is 2.86 bits per heavy atom. The third kappa shape index (κ3) is 2.99. The largest absolute Gasteiger partial charge is 0.469 e. The lowest BCUT2D eigenvalue weighted by Gasteiger charge is -1.98. The number of anilines is 1. The summed E-state index contributed by atoms with van der Waals surface area (Å²) in [6.07, 6.45) is 2.08. The number of thiazole rings is 1. The number of carbonyl (C=O) groups excluding carboxylic acids is 1. The van der Waals surface area contributed by atoms with Crippen LogP contribution in [0.25, 0.3) is 0 Å². The summed E-state index contributed by atoms with van der Waals surface area (Å²) in [5.74, 6) is -0.167. The maximum absolute atomic E-state index is 10.8. The Kier molecular flexibility index (Phi) is 3.88. The topological polar surface area (TPSA) is 65.2 Å². The fraction of sp³-hybridized carbons (Fsp3) is 0.556. The van der Waals surface area contributed by atoms with E-state index in [-0.39, 0.29) is 5.97 Å². The molecule has 0 aliphatic rings. The Morgan fingerprint density at radius 2 is 2.36 bits per heavy atom. The number of nitrogens with two attached hydrogens (primary N) is 1. The van der Waals surface area contributed by atoms with Crippen LogP contribution in [0.2, 0.25) is 0 Å². The van der Waals surface area contributed by atoms with Crippen molar-refractivity contribution in [3.8, 4) is 0 Å². The van der Waals surface area contributed by atoms with Gasteiger partial charge in [-0.2, -0.15) is 0 Å². The molecule has 1 heterocycles. The van der Waals surface area contributed by atoms with Crippen molar-refractivity contribution in [2.24, 2.45) is 0 Å². The van der Waals surface area contributed by atoms with Crippen molar-refractivity contribution in [2.75, 3.05) is 12.8 Å². The summed E-state index contributed by atoms with van der Waals surface area (Å²) in [5.41, 5.74) is 6.52. The zero-order valence-electron chi connectivity index (χ0n) is 8.37. The molecule has 0 saturated carbocycles. The molecule has 0 unspecified atom stereocenters. The molecule has 0 saturated heterocycles. The van der Waals surface area contributed by atoms with Crippen LogP contribution in [0.1, 0.15) is 23.4 Å². The number of hydrogen-bond donors (Lipinski definition) is 1. The number of aryl methyl sites for hydroxylation is 2. The van der Waals surface area contributed by atoms with E-state index in [1.807, 2.05) is 6.92 Å². The fourth-order valence-corrected chi connectivity index (χ4v) is 2.05. The summed E-state index contributed by atoms with van der Waals surface area (Å²) < 4.78 is 4.55. The van der Waals surface area contributed by atoms with Crippen molar-refractivity contribution < 1.29 is 9.53 Å². The van der Waals surface area contributed by atoms with Crippen molar-refractivity contribution >= 4 is 22.4 Å². The molecule has 0 bridgehead atoms. The quantitative estimate of drug-likeness (QED) is 0.772. The molecular formula is C9H14N2O2S. The SMILES string of the molecule is COC(=O)CCCc1sc(N)nc1C. The van der Waals surface area contributed by atoms with Gasteiger partial charge >= 0.3 is 5.97 Å². The molecule has 0 aliphatic carbocycles. The minimum Gasteiger partial charge on any atom is -0.469 e. The van der Waals surface area contributed by atoms with E-state index in [1.54, 1.807) is 0 Å². The first-order valence-corrected chi connectivity index (χ1v) is 5.23. The van der Waals surface area contributed by atoms with Crippen molar-refractivity contribution in [1.82, 2.24) is 4.98 Å². The highest BCUT2D eigenvalue weighted by Gasteiger charge is 2.06.